The summed E-state index contributed by atoms with van der Waals surface area (Å²) in [6.07, 6.45) is 1.82. The zero-order valence-electron chi connectivity index (χ0n) is 15.8. The maximum atomic E-state index is 14.1. The molecule has 0 radical (unpaired) electrons. The molecule has 2 heterocycles. The second-order valence-electron chi connectivity index (χ2n) is 6.68. The van der Waals surface area contributed by atoms with E-state index in [1.807, 2.05) is 30.5 Å². The predicted molar refractivity (Wildman–Crippen MR) is 107 cm³/mol. The van der Waals surface area contributed by atoms with Crippen molar-refractivity contribution >= 4 is 22.5 Å². The van der Waals surface area contributed by atoms with Crippen LogP contribution in [-0.2, 0) is 0 Å². The molecule has 0 unspecified atom stereocenters. The van der Waals surface area contributed by atoms with Crippen molar-refractivity contribution in [1.29, 1.82) is 0 Å². The molecule has 1 saturated heterocycles. The first-order valence-corrected chi connectivity index (χ1v) is 9.48. The van der Waals surface area contributed by atoms with Crippen molar-refractivity contribution in [3.63, 3.8) is 0 Å². The maximum absolute atomic E-state index is 14.1. The molecule has 0 aliphatic carbocycles. The molecule has 0 N–H and O–H groups in total. The average Bonchev–Trinajstić information content (AvgIpc) is 2.74. The lowest BCUT2D eigenvalue weighted by Gasteiger charge is -2.36. The van der Waals surface area contributed by atoms with Crippen molar-refractivity contribution in [3.05, 3.63) is 66.1 Å². The number of rotatable bonds is 4. The van der Waals surface area contributed by atoms with Gasteiger partial charge in [0.2, 0.25) is 0 Å². The van der Waals surface area contributed by atoms with E-state index < -0.39 is 5.82 Å². The maximum Gasteiger partial charge on any atom is 0.257 e. The number of halogens is 1. The molecule has 4 rings (SSSR count). The van der Waals surface area contributed by atoms with E-state index >= 15 is 0 Å². The first-order chi connectivity index (χ1) is 13.7. The number of ether oxygens (including phenoxy) is 1. The summed E-state index contributed by atoms with van der Waals surface area (Å²) >= 11 is 0. The number of amides is 1. The molecule has 0 saturated carbocycles. The molecule has 0 bridgehead atoms. The Morgan fingerprint density at radius 3 is 2.64 bits per heavy atom. The van der Waals surface area contributed by atoms with E-state index in [1.54, 1.807) is 24.0 Å². The summed E-state index contributed by atoms with van der Waals surface area (Å²) in [4.78, 5) is 21.4. The minimum Gasteiger partial charge on any atom is -0.490 e. The summed E-state index contributed by atoms with van der Waals surface area (Å²) in [5.41, 5.74) is 2.36. The summed E-state index contributed by atoms with van der Waals surface area (Å²) in [6.45, 7) is 4.63. The predicted octanol–water partition coefficient (Wildman–Crippen LogP) is 3.74. The second-order valence-corrected chi connectivity index (χ2v) is 6.68. The van der Waals surface area contributed by atoms with Crippen LogP contribution in [0.5, 0.6) is 5.75 Å². The quantitative estimate of drug-likeness (QED) is 0.693. The van der Waals surface area contributed by atoms with Gasteiger partial charge in [-0.3, -0.25) is 9.78 Å². The average molecular weight is 379 g/mol. The van der Waals surface area contributed by atoms with Gasteiger partial charge in [-0.25, -0.2) is 4.39 Å². The molecule has 1 aliphatic heterocycles. The third kappa shape index (κ3) is 3.38. The first-order valence-electron chi connectivity index (χ1n) is 9.48. The van der Waals surface area contributed by atoms with Crippen LogP contribution in [0, 0.1) is 5.82 Å². The Labute approximate surface area is 163 Å². The minimum absolute atomic E-state index is 0.0394. The molecule has 1 aromatic heterocycles. The smallest absolute Gasteiger partial charge is 0.257 e. The van der Waals surface area contributed by atoms with Crippen LogP contribution in [0.15, 0.2) is 54.7 Å². The molecule has 3 aromatic rings. The van der Waals surface area contributed by atoms with E-state index in [-0.39, 0.29) is 17.2 Å². The van der Waals surface area contributed by atoms with Gasteiger partial charge >= 0.3 is 0 Å². The highest BCUT2D eigenvalue weighted by atomic mass is 19.1. The SMILES string of the molecule is CCOc1c(F)cccc1C(=O)N1CCN(c2ccnc3ccccc23)CC1. The standard InChI is InChI=1S/C22H22FN3O2/c1-2-28-21-17(7-5-8-18(21)23)22(27)26-14-12-25(13-15-26)20-10-11-24-19-9-4-3-6-16(19)20/h3-11H,2,12-15H2,1H3. The van der Waals surface area contributed by atoms with Gasteiger partial charge in [0.05, 0.1) is 17.7 Å². The van der Waals surface area contributed by atoms with Crippen molar-refractivity contribution < 1.29 is 13.9 Å². The number of carbonyl (C=O) groups is 1. The molecule has 1 aliphatic rings. The Bertz CT molecular complexity index is 995. The number of pyridine rings is 1. The van der Waals surface area contributed by atoms with Gasteiger partial charge in [0.1, 0.15) is 0 Å². The highest BCUT2D eigenvalue weighted by molar-refractivity contribution is 5.97. The van der Waals surface area contributed by atoms with Gasteiger partial charge in [0, 0.05) is 43.4 Å². The summed E-state index contributed by atoms with van der Waals surface area (Å²) in [6, 6.07) is 14.5. The molecule has 5 nitrogen and oxygen atoms in total. The largest absolute Gasteiger partial charge is 0.490 e. The summed E-state index contributed by atoms with van der Waals surface area (Å²) in [7, 11) is 0. The van der Waals surface area contributed by atoms with Crippen molar-refractivity contribution in [1.82, 2.24) is 9.88 Å². The van der Waals surface area contributed by atoms with Crippen LogP contribution < -0.4 is 9.64 Å². The number of para-hydroxylation sites is 2. The monoisotopic (exact) mass is 379 g/mol. The number of aromatic nitrogens is 1. The number of hydrogen-bond donors (Lipinski definition) is 0. The number of hydrogen-bond acceptors (Lipinski definition) is 4. The summed E-state index contributed by atoms with van der Waals surface area (Å²) in [5, 5.41) is 1.11. The van der Waals surface area contributed by atoms with Crippen LogP contribution in [-0.4, -0.2) is 48.6 Å². The fourth-order valence-electron chi connectivity index (χ4n) is 3.65. The van der Waals surface area contributed by atoms with E-state index in [0.717, 1.165) is 16.6 Å². The topological polar surface area (TPSA) is 45.7 Å². The Morgan fingerprint density at radius 2 is 1.86 bits per heavy atom. The molecule has 2 aromatic carbocycles. The van der Waals surface area contributed by atoms with Crippen molar-refractivity contribution in [2.75, 3.05) is 37.7 Å². The van der Waals surface area contributed by atoms with Gasteiger partial charge in [0.15, 0.2) is 11.6 Å². The first kappa shape index (κ1) is 18.2. The van der Waals surface area contributed by atoms with Gasteiger partial charge < -0.3 is 14.5 Å². The van der Waals surface area contributed by atoms with E-state index in [4.69, 9.17) is 4.74 Å². The van der Waals surface area contributed by atoms with E-state index in [9.17, 15) is 9.18 Å². The van der Waals surface area contributed by atoms with Gasteiger partial charge in [-0.05, 0) is 31.2 Å². The van der Waals surface area contributed by atoms with Gasteiger partial charge in [0.25, 0.3) is 5.91 Å². The number of benzene rings is 2. The minimum atomic E-state index is -0.505. The number of anilines is 1. The fourth-order valence-corrected chi connectivity index (χ4v) is 3.65. The Hall–Kier alpha value is -3.15. The van der Waals surface area contributed by atoms with E-state index in [1.165, 1.54) is 6.07 Å². The molecule has 0 spiro atoms. The lowest BCUT2D eigenvalue weighted by atomic mass is 10.1. The van der Waals surface area contributed by atoms with Crippen LogP contribution in [0.4, 0.5) is 10.1 Å². The third-order valence-corrected chi connectivity index (χ3v) is 5.02. The molecule has 1 amide bonds. The lowest BCUT2D eigenvalue weighted by Crippen LogP contribution is -2.49. The number of piperazine rings is 1. The van der Waals surface area contributed by atoms with Crippen LogP contribution in [0.25, 0.3) is 10.9 Å². The normalized spacial score (nSPS) is 14.4. The number of fused-ring (bicyclic) bond motifs is 1. The molecular weight excluding hydrogens is 357 g/mol. The highest BCUT2D eigenvalue weighted by Crippen LogP contribution is 2.28. The van der Waals surface area contributed by atoms with Crippen molar-refractivity contribution in [3.8, 4) is 5.75 Å². The molecular formula is C22H22FN3O2. The fraction of sp³-hybridized carbons (Fsp3) is 0.273. The molecule has 144 valence electrons. The molecule has 6 heteroatoms. The Kier molecular flexibility index (Phi) is 5.10. The van der Waals surface area contributed by atoms with Crippen molar-refractivity contribution in [2.45, 2.75) is 6.92 Å². The summed E-state index contributed by atoms with van der Waals surface area (Å²) in [5.74, 6) is -0.658. The van der Waals surface area contributed by atoms with Crippen LogP contribution in [0.2, 0.25) is 0 Å². The van der Waals surface area contributed by atoms with Gasteiger partial charge in [-0.1, -0.05) is 24.3 Å². The second kappa shape index (κ2) is 7.84. The Balaban J connectivity index is 1.52. The Morgan fingerprint density at radius 1 is 1.07 bits per heavy atom. The van der Waals surface area contributed by atoms with Crippen LogP contribution >= 0.6 is 0 Å². The van der Waals surface area contributed by atoms with Crippen LogP contribution in [0.3, 0.4) is 0 Å². The summed E-state index contributed by atoms with van der Waals surface area (Å²) < 4.78 is 19.5. The number of carbonyl (C=O) groups excluding carboxylic acids is 1. The molecule has 28 heavy (non-hydrogen) atoms. The number of nitrogens with zero attached hydrogens (tertiary/aromatic N) is 3. The highest BCUT2D eigenvalue weighted by Gasteiger charge is 2.26. The van der Waals surface area contributed by atoms with E-state index in [0.29, 0.717) is 32.8 Å². The van der Waals surface area contributed by atoms with Crippen molar-refractivity contribution in [2.24, 2.45) is 0 Å². The zero-order valence-corrected chi connectivity index (χ0v) is 15.8. The molecule has 1 fully saturated rings. The van der Waals surface area contributed by atoms with Crippen LogP contribution in [0.1, 0.15) is 17.3 Å². The van der Waals surface area contributed by atoms with Gasteiger partial charge in [-0.15, -0.1) is 0 Å². The zero-order chi connectivity index (χ0) is 19.5. The lowest BCUT2D eigenvalue weighted by molar-refractivity contribution is 0.0741. The van der Waals surface area contributed by atoms with Gasteiger partial charge in [-0.2, -0.15) is 0 Å². The van der Waals surface area contributed by atoms with E-state index in [2.05, 4.69) is 16.0 Å². The molecule has 0 atom stereocenters. The third-order valence-electron chi connectivity index (χ3n) is 5.02.